The normalized spacial score (nSPS) is 11.8. The van der Waals surface area contributed by atoms with Crippen molar-refractivity contribution >= 4 is 29.2 Å². The van der Waals surface area contributed by atoms with Gasteiger partial charge in [-0.3, -0.25) is 15.5 Å². The van der Waals surface area contributed by atoms with Crippen molar-refractivity contribution in [3.8, 4) is 0 Å². The molecule has 31 heavy (non-hydrogen) atoms. The lowest BCUT2D eigenvalue weighted by atomic mass is 10.1. The Morgan fingerprint density at radius 1 is 1.26 bits per heavy atom. The van der Waals surface area contributed by atoms with Gasteiger partial charge in [0.25, 0.3) is 5.69 Å². The summed E-state index contributed by atoms with van der Waals surface area (Å²) >= 11 is 6.32. The molecule has 2 aromatic carbocycles. The van der Waals surface area contributed by atoms with Gasteiger partial charge in [0.05, 0.1) is 34.5 Å². The second-order valence-electron chi connectivity index (χ2n) is 6.43. The second-order valence-corrected chi connectivity index (χ2v) is 6.79. The molecule has 0 bridgehead atoms. The maximum absolute atomic E-state index is 13.0. The van der Waals surface area contributed by atoms with Crippen LogP contribution in [0.1, 0.15) is 22.4 Å². The minimum atomic E-state index is -4.71. The number of rotatable bonds is 6. The van der Waals surface area contributed by atoms with Crippen LogP contribution in [0, 0.1) is 22.9 Å². The van der Waals surface area contributed by atoms with Crippen molar-refractivity contribution in [1.29, 1.82) is 0 Å². The number of halogens is 5. The summed E-state index contributed by atoms with van der Waals surface area (Å²) in [4.78, 5) is 10.2. The monoisotopic (exact) mass is 455 g/mol. The SMILES string of the molecule is Cc1nn(Cc2ccc(F)cc2)c(Cl)c1C=NNc1ccc(C(F)(F)F)cc1[N+](=O)[O-]. The van der Waals surface area contributed by atoms with Crippen molar-refractivity contribution in [3.63, 3.8) is 0 Å². The lowest BCUT2D eigenvalue weighted by molar-refractivity contribution is -0.384. The maximum atomic E-state index is 13.0. The first-order chi connectivity index (χ1) is 14.6. The predicted molar refractivity (Wildman–Crippen MR) is 107 cm³/mol. The zero-order valence-corrected chi connectivity index (χ0v) is 16.6. The lowest BCUT2D eigenvalue weighted by Gasteiger charge is -2.08. The van der Waals surface area contributed by atoms with Gasteiger partial charge in [-0.05, 0) is 36.8 Å². The number of anilines is 1. The van der Waals surface area contributed by atoms with Crippen LogP contribution in [-0.2, 0) is 12.7 Å². The first-order valence-electron chi connectivity index (χ1n) is 8.68. The molecule has 1 heterocycles. The van der Waals surface area contributed by atoms with Crippen LogP contribution in [0.4, 0.5) is 28.9 Å². The molecule has 0 radical (unpaired) electrons. The van der Waals surface area contributed by atoms with Crippen molar-refractivity contribution in [1.82, 2.24) is 9.78 Å². The Hall–Kier alpha value is -3.47. The number of alkyl halides is 3. The minimum absolute atomic E-state index is 0.217. The highest BCUT2D eigenvalue weighted by Crippen LogP contribution is 2.35. The summed E-state index contributed by atoms with van der Waals surface area (Å²) in [5, 5.41) is 19.5. The van der Waals surface area contributed by atoms with E-state index >= 15 is 0 Å². The highest BCUT2D eigenvalue weighted by Gasteiger charge is 2.33. The van der Waals surface area contributed by atoms with Gasteiger partial charge in [-0.1, -0.05) is 23.7 Å². The first-order valence-corrected chi connectivity index (χ1v) is 9.06. The van der Waals surface area contributed by atoms with Gasteiger partial charge in [0.15, 0.2) is 0 Å². The molecule has 0 spiro atoms. The second kappa shape index (κ2) is 8.72. The van der Waals surface area contributed by atoms with E-state index in [0.29, 0.717) is 23.4 Å². The van der Waals surface area contributed by atoms with Gasteiger partial charge in [-0.25, -0.2) is 9.07 Å². The molecule has 0 unspecified atom stereocenters. The van der Waals surface area contributed by atoms with E-state index in [1.807, 2.05) is 0 Å². The van der Waals surface area contributed by atoms with E-state index in [1.54, 1.807) is 19.1 Å². The highest BCUT2D eigenvalue weighted by atomic mass is 35.5. The van der Waals surface area contributed by atoms with Gasteiger partial charge >= 0.3 is 6.18 Å². The molecule has 0 aliphatic rings. The Morgan fingerprint density at radius 3 is 2.55 bits per heavy atom. The van der Waals surface area contributed by atoms with E-state index in [2.05, 4.69) is 15.6 Å². The molecule has 0 fully saturated rings. The van der Waals surface area contributed by atoms with Gasteiger partial charge in [-0.2, -0.15) is 23.4 Å². The molecule has 1 aromatic heterocycles. The third-order valence-electron chi connectivity index (χ3n) is 4.26. The topological polar surface area (TPSA) is 85.3 Å². The molecular weight excluding hydrogens is 442 g/mol. The number of nitrogens with one attached hydrogen (secondary N) is 1. The Morgan fingerprint density at radius 2 is 1.94 bits per heavy atom. The number of nitro groups is 1. The molecule has 0 amide bonds. The summed E-state index contributed by atoms with van der Waals surface area (Å²) in [5.74, 6) is -0.372. The molecule has 0 saturated carbocycles. The Bertz CT molecular complexity index is 1140. The average Bonchev–Trinajstić information content (AvgIpc) is 2.96. The Kier molecular flexibility index (Phi) is 6.25. The van der Waals surface area contributed by atoms with Crippen molar-refractivity contribution in [2.24, 2.45) is 5.10 Å². The van der Waals surface area contributed by atoms with E-state index in [1.165, 1.54) is 23.0 Å². The molecule has 0 aliphatic carbocycles. The van der Waals surface area contributed by atoms with Gasteiger partial charge < -0.3 is 0 Å². The van der Waals surface area contributed by atoms with Crippen molar-refractivity contribution in [3.05, 3.63) is 85.9 Å². The number of aromatic nitrogens is 2. The van der Waals surface area contributed by atoms with E-state index in [-0.39, 0.29) is 23.2 Å². The van der Waals surface area contributed by atoms with Gasteiger partial charge in [0.1, 0.15) is 16.7 Å². The zero-order chi connectivity index (χ0) is 22.8. The Labute approximate surface area is 178 Å². The predicted octanol–water partition coefficient (Wildman–Crippen LogP) is 5.41. The van der Waals surface area contributed by atoms with Crippen LogP contribution in [0.25, 0.3) is 0 Å². The van der Waals surface area contributed by atoms with E-state index in [0.717, 1.165) is 11.6 Å². The Balaban J connectivity index is 1.80. The van der Waals surface area contributed by atoms with Crippen LogP contribution < -0.4 is 5.43 Å². The number of nitro benzene ring substituents is 1. The smallest absolute Gasteiger partial charge is 0.272 e. The molecule has 12 heteroatoms. The summed E-state index contributed by atoms with van der Waals surface area (Å²) in [6.45, 7) is 1.93. The third kappa shape index (κ3) is 5.18. The summed E-state index contributed by atoms with van der Waals surface area (Å²) in [5.41, 5.74) is 1.89. The number of aryl methyl sites for hydroxylation is 1. The van der Waals surface area contributed by atoms with Crippen LogP contribution >= 0.6 is 11.6 Å². The number of hydrogen-bond donors (Lipinski definition) is 1. The molecule has 1 N–H and O–H groups in total. The van der Waals surface area contributed by atoms with Gasteiger partial charge in [-0.15, -0.1) is 0 Å². The first kappa shape index (κ1) is 22.2. The van der Waals surface area contributed by atoms with E-state index < -0.39 is 22.4 Å². The quantitative estimate of drug-likeness (QED) is 0.233. The number of nitrogens with zero attached hydrogens (tertiary/aromatic N) is 4. The molecular formula is C19H14ClF4N5O2. The van der Waals surface area contributed by atoms with E-state index in [4.69, 9.17) is 11.6 Å². The molecule has 0 atom stereocenters. The van der Waals surface area contributed by atoms with Crippen molar-refractivity contribution < 1.29 is 22.5 Å². The lowest BCUT2D eigenvalue weighted by Crippen LogP contribution is -2.06. The minimum Gasteiger partial charge on any atom is -0.272 e. The third-order valence-corrected chi connectivity index (χ3v) is 4.65. The van der Waals surface area contributed by atoms with Crippen molar-refractivity contribution in [2.75, 3.05) is 5.43 Å². The fraction of sp³-hybridized carbons (Fsp3) is 0.158. The number of hydrazone groups is 1. The molecule has 0 aliphatic heterocycles. The number of benzene rings is 2. The fourth-order valence-corrected chi connectivity index (χ4v) is 2.98. The molecule has 0 saturated heterocycles. The molecule has 162 valence electrons. The van der Waals surface area contributed by atoms with E-state index in [9.17, 15) is 27.7 Å². The van der Waals surface area contributed by atoms with Crippen LogP contribution in [0.2, 0.25) is 5.15 Å². The summed E-state index contributed by atoms with van der Waals surface area (Å²) in [6, 6.07) is 7.85. The summed E-state index contributed by atoms with van der Waals surface area (Å²) in [7, 11) is 0. The molecule has 3 rings (SSSR count). The van der Waals surface area contributed by atoms with Crippen LogP contribution in [0.5, 0.6) is 0 Å². The standard InChI is InChI=1S/C19H14ClF4N5O2/c1-11-15(18(20)28(27-11)10-12-2-5-14(21)6-3-12)9-25-26-16-7-4-13(19(22,23)24)8-17(16)29(30)31/h2-9,26H,10H2,1H3. The average molecular weight is 456 g/mol. The molecule has 7 nitrogen and oxygen atoms in total. The van der Waals surface area contributed by atoms with Crippen LogP contribution in [0.3, 0.4) is 0 Å². The zero-order valence-electron chi connectivity index (χ0n) is 15.8. The summed E-state index contributed by atoms with van der Waals surface area (Å²) < 4.78 is 52.9. The molecule has 3 aromatic rings. The largest absolute Gasteiger partial charge is 0.416 e. The maximum Gasteiger partial charge on any atom is 0.416 e. The van der Waals surface area contributed by atoms with Gasteiger partial charge in [0.2, 0.25) is 0 Å². The highest BCUT2D eigenvalue weighted by molar-refractivity contribution is 6.32. The van der Waals surface area contributed by atoms with Crippen molar-refractivity contribution in [2.45, 2.75) is 19.6 Å². The van der Waals surface area contributed by atoms with Crippen LogP contribution in [0.15, 0.2) is 47.6 Å². The van der Waals surface area contributed by atoms with Crippen LogP contribution in [-0.4, -0.2) is 20.9 Å². The fourth-order valence-electron chi connectivity index (χ4n) is 2.70. The summed E-state index contributed by atoms with van der Waals surface area (Å²) in [6.07, 6.45) is -3.45. The number of hydrogen-bond acceptors (Lipinski definition) is 5. The van der Waals surface area contributed by atoms with Gasteiger partial charge in [0, 0.05) is 6.07 Å².